The minimum atomic E-state index is -0.0304. The Hall–Kier alpha value is -2.67. The third kappa shape index (κ3) is 4.12. The molecule has 2 aliphatic heterocycles. The Morgan fingerprint density at radius 1 is 1.10 bits per heavy atom. The Labute approximate surface area is 178 Å². The maximum atomic E-state index is 12.8. The Balaban J connectivity index is 1.37. The number of carbonyl (C=O) groups is 2. The molecule has 3 heterocycles. The minimum absolute atomic E-state index is 0.0304. The van der Waals surface area contributed by atoms with Crippen LogP contribution in [0.3, 0.4) is 0 Å². The van der Waals surface area contributed by atoms with Crippen LogP contribution in [0.5, 0.6) is 0 Å². The van der Waals surface area contributed by atoms with Gasteiger partial charge in [0.05, 0.1) is 17.9 Å². The van der Waals surface area contributed by atoms with Gasteiger partial charge in [-0.15, -0.1) is 0 Å². The first-order chi connectivity index (χ1) is 14.3. The summed E-state index contributed by atoms with van der Waals surface area (Å²) in [6.07, 6.45) is 4.03. The Morgan fingerprint density at radius 2 is 1.73 bits per heavy atom. The summed E-state index contributed by atoms with van der Waals surface area (Å²) in [7, 11) is 3.61. The van der Waals surface area contributed by atoms with Crippen molar-refractivity contribution in [2.75, 3.05) is 20.6 Å². The lowest BCUT2D eigenvalue weighted by Gasteiger charge is -2.39. The van der Waals surface area contributed by atoms with Gasteiger partial charge >= 0.3 is 0 Å². The first kappa shape index (κ1) is 20.6. The van der Waals surface area contributed by atoms with E-state index in [9.17, 15) is 9.59 Å². The molecule has 0 radical (unpaired) electrons. The van der Waals surface area contributed by atoms with E-state index in [-0.39, 0.29) is 17.9 Å². The van der Waals surface area contributed by atoms with Crippen molar-refractivity contribution in [2.24, 2.45) is 0 Å². The zero-order chi connectivity index (χ0) is 21.4. The minimum Gasteiger partial charge on any atom is -0.349 e. The third-order valence-electron chi connectivity index (χ3n) is 6.42. The Bertz CT molecular complexity index is 920. The second kappa shape index (κ2) is 8.22. The van der Waals surface area contributed by atoms with Crippen molar-refractivity contribution in [3.8, 4) is 5.69 Å². The molecule has 4 rings (SSSR count). The van der Waals surface area contributed by atoms with Gasteiger partial charge in [-0.3, -0.25) is 14.5 Å². The Morgan fingerprint density at radius 3 is 2.27 bits per heavy atom. The van der Waals surface area contributed by atoms with Crippen LogP contribution < -0.4 is 5.32 Å². The molecular weight excluding hydrogens is 378 g/mol. The van der Waals surface area contributed by atoms with Crippen molar-refractivity contribution in [2.45, 2.75) is 57.7 Å². The van der Waals surface area contributed by atoms with E-state index >= 15 is 0 Å². The molecular formula is C23H31N5O2. The van der Waals surface area contributed by atoms with Crippen LogP contribution in [0.4, 0.5) is 0 Å². The molecule has 7 heteroatoms. The van der Waals surface area contributed by atoms with Crippen molar-refractivity contribution in [1.82, 2.24) is 24.9 Å². The van der Waals surface area contributed by atoms with Crippen molar-refractivity contribution in [1.29, 1.82) is 0 Å². The van der Waals surface area contributed by atoms with Gasteiger partial charge in [0.25, 0.3) is 5.91 Å². The summed E-state index contributed by atoms with van der Waals surface area (Å²) >= 11 is 0. The molecule has 0 aliphatic carbocycles. The quantitative estimate of drug-likeness (QED) is 0.823. The number of rotatable bonds is 5. The van der Waals surface area contributed by atoms with Gasteiger partial charge in [0.1, 0.15) is 0 Å². The number of carbonyl (C=O) groups excluding carboxylic acids is 2. The van der Waals surface area contributed by atoms with E-state index in [1.165, 1.54) is 0 Å². The number of piperidine rings is 1. The number of fused-ring (bicyclic) bond motifs is 2. The highest BCUT2D eigenvalue weighted by Crippen LogP contribution is 2.35. The molecule has 1 aromatic carbocycles. The predicted octanol–water partition coefficient (Wildman–Crippen LogP) is 2.30. The van der Waals surface area contributed by atoms with E-state index in [4.69, 9.17) is 0 Å². The van der Waals surface area contributed by atoms with Crippen LogP contribution in [0.2, 0.25) is 0 Å². The molecule has 2 fully saturated rings. The highest BCUT2D eigenvalue weighted by atomic mass is 16.2. The van der Waals surface area contributed by atoms with Crippen LogP contribution in [-0.4, -0.2) is 70.2 Å². The third-order valence-corrected chi connectivity index (χ3v) is 6.42. The fourth-order valence-corrected chi connectivity index (χ4v) is 4.86. The zero-order valence-corrected chi connectivity index (χ0v) is 18.3. The van der Waals surface area contributed by atoms with E-state index in [0.717, 1.165) is 42.8 Å². The molecule has 30 heavy (non-hydrogen) atoms. The van der Waals surface area contributed by atoms with Gasteiger partial charge in [-0.2, -0.15) is 5.10 Å². The molecule has 1 N–H and O–H groups in total. The van der Waals surface area contributed by atoms with Gasteiger partial charge in [-0.25, -0.2) is 4.68 Å². The predicted molar refractivity (Wildman–Crippen MR) is 116 cm³/mol. The average molecular weight is 410 g/mol. The van der Waals surface area contributed by atoms with E-state index in [1.54, 1.807) is 19.0 Å². The van der Waals surface area contributed by atoms with Gasteiger partial charge in [0.15, 0.2) is 0 Å². The first-order valence-corrected chi connectivity index (χ1v) is 10.7. The summed E-state index contributed by atoms with van der Waals surface area (Å²) in [5, 5.41) is 7.72. The van der Waals surface area contributed by atoms with Crippen molar-refractivity contribution >= 4 is 11.8 Å². The summed E-state index contributed by atoms with van der Waals surface area (Å²) in [6, 6.07) is 10.6. The number of nitrogens with one attached hydrogen (secondary N) is 1. The van der Waals surface area contributed by atoms with Crippen LogP contribution in [0.25, 0.3) is 5.69 Å². The topological polar surface area (TPSA) is 70.5 Å². The number of amides is 2. The van der Waals surface area contributed by atoms with Gasteiger partial charge < -0.3 is 10.2 Å². The molecule has 0 saturated carbocycles. The fourth-order valence-electron chi connectivity index (χ4n) is 4.86. The maximum absolute atomic E-state index is 12.8. The van der Waals surface area contributed by atoms with Crippen LogP contribution in [0.1, 0.15) is 47.4 Å². The highest BCUT2D eigenvalue weighted by molar-refractivity contribution is 5.94. The molecule has 7 nitrogen and oxygen atoms in total. The van der Waals surface area contributed by atoms with Crippen LogP contribution in [0.15, 0.2) is 30.3 Å². The SMILES string of the molecule is Cc1cc(C)n(-c2ccc(C(=O)NC3CC4CCC(C3)N4CC(=O)N(C)C)cc2)n1. The van der Waals surface area contributed by atoms with Gasteiger partial charge in [-0.05, 0) is 69.9 Å². The second-order valence-electron chi connectivity index (χ2n) is 8.87. The average Bonchev–Trinajstić information content (AvgIpc) is 3.15. The molecule has 2 bridgehead atoms. The number of benzene rings is 1. The molecule has 160 valence electrons. The van der Waals surface area contributed by atoms with Crippen LogP contribution in [0, 0.1) is 13.8 Å². The number of aromatic nitrogens is 2. The summed E-state index contributed by atoms with van der Waals surface area (Å²) in [4.78, 5) is 28.9. The van der Waals surface area contributed by atoms with E-state index in [0.29, 0.717) is 24.2 Å². The van der Waals surface area contributed by atoms with Crippen LogP contribution >= 0.6 is 0 Å². The van der Waals surface area contributed by atoms with Crippen LogP contribution in [-0.2, 0) is 4.79 Å². The van der Waals surface area contributed by atoms with Gasteiger partial charge in [0, 0.05) is 43.5 Å². The normalized spacial score (nSPS) is 23.4. The fraction of sp³-hybridized carbons (Fsp3) is 0.522. The maximum Gasteiger partial charge on any atom is 0.251 e. The van der Waals surface area contributed by atoms with Gasteiger partial charge in [-0.1, -0.05) is 0 Å². The molecule has 0 spiro atoms. The lowest BCUT2D eigenvalue weighted by atomic mass is 9.96. The summed E-state index contributed by atoms with van der Waals surface area (Å²) in [5.41, 5.74) is 3.66. The molecule has 2 aliphatic rings. The first-order valence-electron chi connectivity index (χ1n) is 10.7. The number of hydrogen-bond donors (Lipinski definition) is 1. The van der Waals surface area contributed by atoms with Crippen molar-refractivity contribution in [3.05, 3.63) is 47.3 Å². The molecule has 1 aromatic heterocycles. The molecule has 2 saturated heterocycles. The van der Waals surface area contributed by atoms with E-state index in [2.05, 4.69) is 15.3 Å². The zero-order valence-electron chi connectivity index (χ0n) is 18.3. The van der Waals surface area contributed by atoms with E-state index in [1.807, 2.05) is 48.9 Å². The standard InChI is InChI=1S/C23H31N5O2/c1-15-11-16(2)28(25-15)19-7-5-17(6-8-19)23(30)24-18-12-20-9-10-21(13-18)27(20)14-22(29)26(3)4/h5-8,11,18,20-21H,9-10,12-14H2,1-4H3,(H,24,30). The molecule has 2 amide bonds. The van der Waals surface area contributed by atoms with Crippen molar-refractivity contribution < 1.29 is 9.59 Å². The number of nitrogens with zero attached hydrogens (tertiary/aromatic N) is 4. The number of hydrogen-bond acceptors (Lipinski definition) is 4. The van der Waals surface area contributed by atoms with E-state index < -0.39 is 0 Å². The molecule has 2 unspecified atom stereocenters. The molecule has 2 atom stereocenters. The summed E-state index contributed by atoms with van der Waals surface area (Å²) in [5.74, 6) is 0.120. The van der Waals surface area contributed by atoms with Gasteiger partial charge in [0.2, 0.25) is 5.91 Å². The number of likely N-dealkylation sites (N-methyl/N-ethyl adjacent to an activating group) is 1. The lowest BCUT2D eigenvalue weighted by molar-refractivity contribution is -0.131. The second-order valence-corrected chi connectivity index (χ2v) is 8.87. The summed E-state index contributed by atoms with van der Waals surface area (Å²) in [6.45, 7) is 4.48. The Kier molecular flexibility index (Phi) is 5.64. The van der Waals surface area contributed by atoms with Crippen molar-refractivity contribution in [3.63, 3.8) is 0 Å². The number of aryl methyl sites for hydroxylation is 2. The highest BCUT2D eigenvalue weighted by Gasteiger charge is 2.41. The smallest absolute Gasteiger partial charge is 0.251 e. The molecule has 2 aromatic rings. The monoisotopic (exact) mass is 409 g/mol. The largest absolute Gasteiger partial charge is 0.349 e. The lowest BCUT2D eigenvalue weighted by Crippen LogP contribution is -2.52. The summed E-state index contributed by atoms with van der Waals surface area (Å²) < 4.78 is 1.89.